The van der Waals surface area contributed by atoms with Crippen molar-refractivity contribution in [3.63, 3.8) is 0 Å². The lowest BCUT2D eigenvalue weighted by Gasteiger charge is -2.17. The van der Waals surface area contributed by atoms with E-state index in [0.29, 0.717) is 39.7 Å². The second-order valence-corrected chi connectivity index (χ2v) is 10.6. The van der Waals surface area contributed by atoms with Crippen LogP contribution in [0.15, 0.2) is 41.3 Å². The van der Waals surface area contributed by atoms with Crippen molar-refractivity contribution in [3.8, 4) is 11.8 Å². The zero-order chi connectivity index (χ0) is 21.9. The van der Waals surface area contributed by atoms with Crippen molar-refractivity contribution < 1.29 is 13.2 Å². The molecule has 0 aromatic heterocycles. The number of rotatable bonds is 7. The molecule has 2 unspecified atom stereocenters. The van der Waals surface area contributed by atoms with E-state index in [9.17, 15) is 13.7 Å². The van der Waals surface area contributed by atoms with Crippen LogP contribution in [0.1, 0.15) is 23.6 Å². The Labute approximate surface area is 184 Å². The van der Waals surface area contributed by atoms with Gasteiger partial charge in [-0.25, -0.2) is 8.42 Å². The first-order valence-electron chi connectivity index (χ1n) is 10.0. The molecule has 1 aliphatic rings. The van der Waals surface area contributed by atoms with Gasteiger partial charge in [0.2, 0.25) is 0 Å². The molecule has 0 spiro atoms. The highest BCUT2D eigenvalue weighted by atomic mass is 35.5. The first-order valence-corrected chi connectivity index (χ1v) is 12.3. The van der Waals surface area contributed by atoms with Crippen molar-refractivity contribution in [2.45, 2.75) is 25.2 Å². The number of ether oxygens (including phenoxy) is 1. The number of nitriles is 1. The predicted molar refractivity (Wildman–Crippen MR) is 119 cm³/mol. The maximum Gasteiger partial charge on any atom is 0.175 e. The lowest BCUT2D eigenvalue weighted by atomic mass is 9.99. The van der Waals surface area contributed by atoms with Crippen molar-refractivity contribution in [3.05, 3.63) is 58.1 Å². The number of nitrogens with zero attached hydrogens (tertiary/aromatic N) is 2. The van der Waals surface area contributed by atoms with E-state index in [0.717, 1.165) is 37.2 Å². The Bertz CT molecular complexity index is 1050. The maximum atomic E-state index is 11.6. The highest BCUT2D eigenvalue weighted by Crippen LogP contribution is 2.26. The largest absolute Gasteiger partial charge is 0.493 e. The van der Waals surface area contributed by atoms with Crippen LogP contribution >= 0.6 is 11.6 Å². The second kappa shape index (κ2) is 9.38. The molecule has 1 aliphatic heterocycles. The molecular formula is C23H27ClN2O3S. The van der Waals surface area contributed by atoms with E-state index < -0.39 is 9.84 Å². The third-order valence-corrected chi connectivity index (χ3v) is 7.20. The third kappa shape index (κ3) is 5.54. The molecule has 0 aliphatic carbocycles. The highest BCUT2D eigenvalue weighted by Gasteiger charge is 2.30. The number of sulfone groups is 1. The van der Waals surface area contributed by atoms with Crippen LogP contribution in [0.25, 0.3) is 0 Å². The molecular weight excluding hydrogens is 420 g/mol. The van der Waals surface area contributed by atoms with E-state index in [1.165, 1.54) is 6.26 Å². The topological polar surface area (TPSA) is 70.4 Å². The van der Waals surface area contributed by atoms with E-state index in [2.05, 4.69) is 17.9 Å². The van der Waals surface area contributed by atoms with Gasteiger partial charge in [0.1, 0.15) is 5.75 Å². The van der Waals surface area contributed by atoms with E-state index >= 15 is 0 Å². The Morgan fingerprint density at radius 2 is 1.93 bits per heavy atom. The van der Waals surface area contributed by atoms with Crippen LogP contribution in [0.4, 0.5) is 0 Å². The Morgan fingerprint density at radius 3 is 2.57 bits per heavy atom. The normalized spacial score (nSPS) is 19.6. The van der Waals surface area contributed by atoms with Gasteiger partial charge in [0.05, 0.1) is 23.1 Å². The minimum Gasteiger partial charge on any atom is -0.493 e. The molecule has 0 N–H and O–H groups in total. The van der Waals surface area contributed by atoms with Gasteiger partial charge >= 0.3 is 0 Å². The average Bonchev–Trinajstić information content (AvgIpc) is 3.06. The smallest absolute Gasteiger partial charge is 0.175 e. The average molecular weight is 447 g/mol. The molecule has 7 heteroatoms. The van der Waals surface area contributed by atoms with Gasteiger partial charge in [-0.2, -0.15) is 5.26 Å². The molecule has 0 saturated carbocycles. The third-order valence-electron chi connectivity index (χ3n) is 5.86. The van der Waals surface area contributed by atoms with Crippen LogP contribution in [-0.4, -0.2) is 45.8 Å². The summed E-state index contributed by atoms with van der Waals surface area (Å²) in [6, 6.07) is 12.5. The molecule has 0 bridgehead atoms. The highest BCUT2D eigenvalue weighted by molar-refractivity contribution is 7.90. The van der Waals surface area contributed by atoms with Crippen molar-refractivity contribution in [2.24, 2.45) is 11.8 Å². The summed E-state index contributed by atoms with van der Waals surface area (Å²) < 4.78 is 29.0. The fourth-order valence-electron chi connectivity index (χ4n) is 3.92. The molecule has 1 heterocycles. The van der Waals surface area contributed by atoms with Gasteiger partial charge in [0, 0.05) is 36.8 Å². The molecule has 0 amide bonds. The Morgan fingerprint density at radius 1 is 1.23 bits per heavy atom. The SMILES string of the molecule is Cc1c(C#N)cc(Cl)cc1CCN1CC(C)C(COc2ccc(S(C)(=O)=O)cc2)C1. The van der Waals surface area contributed by atoms with Crippen LogP contribution < -0.4 is 4.74 Å². The Balaban J connectivity index is 1.54. The van der Waals surface area contributed by atoms with Gasteiger partial charge < -0.3 is 9.64 Å². The van der Waals surface area contributed by atoms with Crippen LogP contribution in [0, 0.1) is 30.1 Å². The summed E-state index contributed by atoms with van der Waals surface area (Å²) in [5.74, 6) is 1.61. The Kier molecular flexibility index (Phi) is 7.07. The molecule has 3 rings (SSSR count). The number of halogens is 1. The van der Waals surface area contributed by atoms with Crippen molar-refractivity contribution in [2.75, 3.05) is 32.5 Å². The molecule has 1 fully saturated rings. The number of benzene rings is 2. The summed E-state index contributed by atoms with van der Waals surface area (Å²) in [5.41, 5.74) is 2.77. The molecule has 30 heavy (non-hydrogen) atoms. The van der Waals surface area contributed by atoms with Gasteiger partial charge in [-0.05, 0) is 66.8 Å². The minimum atomic E-state index is -3.19. The fourth-order valence-corrected chi connectivity index (χ4v) is 4.79. The predicted octanol–water partition coefficient (Wildman–Crippen LogP) is 4.11. The van der Waals surface area contributed by atoms with Crippen molar-refractivity contribution in [1.29, 1.82) is 5.26 Å². The monoisotopic (exact) mass is 446 g/mol. The number of likely N-dealkylation sites (tertiary alicyclic amines) is 1. The van der Waals surface area contributed by atoms with E-state index in [1.54, 1.807) is 30.3 Å². The van der Waals surface area contributed by atoms with E-state index in [4.69, 9.17) is 16.3 Å². The first-order chi connectivity index (χ1) is 14.2. The van der Waals surface area contributed by atoms with Crippen LogP contribution in [0.5, 0.6) is 5.75 Å². The zero-order valence-electron chi connectivity index (χ0n) is 17.6. The van der Waals surface area contributed by atoms with Gasteiger partial charge in [-0.3, -0.25) is 0 Å². The molecule has 0 radical (unpaired) electrons. The zero-order valence-corrected chi connectivity index (χ0v) is 19.1. The quantitative estimate of drug-likeness (QED) is 0.640. The number of hydrogen-bond donors (Lipinski definition) is 0. The summed E-state index contributed by atoms with van der Waals surface area (Å²) in [4.78, 5) is 2.73. The Hall–Kier alpha value is -2.07. The van der Waals surface area contributed by atoms with Gasteiger partial charge in [0.25, 0.3) is 0 Å². The van der Waals surface area contributed by atoms with Gasteiger partial charge in [0.15, 0.2) is 9.84 Å². The summed E-state index contributed by atoms with van der Waals surface area (Å²) in [7, 11) is -3.19. The van der Waals surface area contributed by atoms with Gasteiger partial charge in [-0.15, -0.1) is 0 Å². The van der Waals surface area contributed by atoms with E-state index in [1.807, 2.05) is 13.0 Å². The lowest BCUT2D eigenvalue weighted by Crippen LogP contribution is -2.25. The van der Waals surface area contributed by atoms with Crippen LogP contribution in [-0.2, 0) is 16.3 Å². The minimum absolute atomic E-state index is 0.297. The summed E-state index contributed by atoms with van der Waals surface area (Å²) in [6.45, 7) is 7.68. The molecule has 1 saturated heterocycles. The summed E-state index contributed by atoms with van der Waals surface area (Å²) in [5, 5.41) is 9.87. The molecule has 2 aromatic carbocycles. The van der Waals surface area contributed by atoms with Crippen molar-refractivity contribution in [1.82, 2.24) is 4.90 Å². The lowest BCUT2D eigenvalue weighted by molar-refractivity contribution is 0.225. The molecule has 2 aromatic rings. The van der Waals surface area contributed by atoms with Crippen LogP contribution in [0.2, 0.25) is 5.02 Å². The van der Waals surface area contributed by atoms with Crippen LogP contribution in [0.3, 0.4) is 0 Å². The fraction of sp³-hybridized carbons (Fsp3) is 0.435. The standard InChI is InChI=1S/C23H27ClN2O3S/c1-16-13-26(9-8-18-10-21(24)11-19(12-25)17(18)2)14-20(16)15-29-22-4-6-23(7-5-22)30(3,27)28/h4-7,10-11,16,20H,8-9,13-15H2,1-3H3. The molecule has 5 nitrogen and oxygen atoms in total. The summed E-state index contributed by atoms with van der Waals surface area (Å²) in [6.07, 6.45) is 2.05. The first kappa shape index (κ1) is 22.6. The van der Waals surface area contributed by atoms with E-state index in [-0.39, 0.29) is 0 Å². The molecule has 160 valence electrons. The number of hydrogen-bond acceptors (Lipinski definition) is 5. The molecule has 2 atom stereocenters. The van der Waals surface area contributed by atoms with Gasteiger partial charge in [-0.1, -0.05) is 18.5 Å². The maximum absolute atomic E-state index is 11.6. The second-order valence-electron chi connectivity index (χ2n) is 8.15. The summed E-state index contributed by atoms with van der Waals surface area (Å²) >= 11 is 6.16. The van der Waals surface area contributed by atoms with Crippen molar-refractivity contribution >= 4 is 21.4 Å².